The number of aromatic amines is 1. The Morgan fingerprint density at radius 3 is 2.50 bits per heavy atom. The molecule has 1 aromatic carbocycles. The van der Waals surface area contributed by atoms with E-state index >= 15 is 8.78 Å². The number of hydrogen-bond acceptors (Lipinski definition) is 6. The Kier molecular flexibility index (Phi) is 8.07. The standard InChI is InChI=1S/C27H31F2N3O5Si/c1-5-38(3,4)27-20(28)10-16(11-21(27)29)12-23(33)26-19-7-6-17(15-36-2)30-22(19)8-9-32(26)25(35)14-18-13-24(34)31-37-18/h6-7,10-11,13,26H,5,8-9,12,14-15H2,1-4H3,(H,31,34)/t26-/m1/s1. The molecule has 0 aliphatic carbocycles. The van der Waals surface area contributed by atoms with Crippen LogP contribution >= 0.6 is 0 Å². The van der Waals surface area contributed by atoms with Gasteiger partial charge in [0.25, 0.3) is 5.56 Å². The quantitative estimate of drug-likeness (QED) is 0.416. The highest BCUT2D eigenvalue weighted by Crippen LogP contribution is 2.32. The molecule has 0 unspecified atom stereocenters. The van der Waals surface area contributed by atoms with Gasteiger partial charge in [-0.05, 0) is 23.8 Å². The van der Waals surface area contributed by atoms with E-state index in [4.69, 9.17) is 9.26 Å². The number of methoxy groups -OCH3 is 1. The van der Waals surface area contributed by atoms with Crippen molar-refractivity contribution in [1.29, 1.82) is 0 Å². The van der Waals surface area contributed by atoms with Crippen molar-refractivity contribution in [2.75, 3.05) is 13.7 Å². The molecule has 2 aromatic heterocycles. The van der Waals surface area contributed by atoms with E-state index in [0.29, 0.717) is 36.0 Å². The minimum absolute atomic E-state index is 0.124. The third kappa shape index (κ3) is 5.68. The number of carbonyl (C=O) groups is 2. The molecule has 1 amide bonds. The summed E-state index contributed by atoms with van der Waals surface area (Å²) in [6.07, 6.45) is -0.0783. The molecule has 1 aliphatic rings. The van der Waals surface area contributed by atoms with Crippen molar-refractivity contribution < 1.29 is 27.6 Å². The fourth-order valence-corrected chi connectivity index (χ4v) is 6.67. The molecule has 1 atom stereocenters. The third-order valence-corrected chi connectivity index (χ3v) is 10.7. The number of ether oxygens (including phenoxy) is 1. The number of halogens is 2. The predicted octanol–water partition coefficient (Wildman–Crippen LogP) is 3.20. The van der Waals surface area contributed by atoms with Gasteiger partial charge in [0.2, 0.25) is 5.91 Å². The summed E-state index contributed by atoms with van der Waals surface area (Å²) in [5.41, 5.74) is 1.64. The van der Waals surface area contributed by atoms with Crippen LogP contribution in [0.25, 0.3) is 0 Å². The number of pyridine rings is 1. The van der Waals surface area contributed by atoms with Crippen molar-refractivity contribution in [3.8, 4) is 0 Å². The number of amides is 1. The van der Waals surface area contributed by atoms with Crippen LogP contribution in [0.4, 0.5) is 8.78 Å². The van der Waals surface area contributed by atoms with E-state index in [1.807, 2.05) is 20.0 Å². The number of hydrogen-bond donors (Lipinski definition) is 1. The first-order chi connectivity index (χ1) is 18.0. The molecular weight excluding hydrogens is 512 g/mol. The molecule has 0 spiro atoms. The van der Waals surface area contributed by atoms with Crippen LogP contribution in [0.2, 0.25) is 19.1 Å². The Morgan fingerprint density at radius 1 is 1.18 bits per heavy atom. The summed E-state index contributed by atoms with van der Waals surface area (Å²) in [5.74, 6) is -1.95. The van der Waals surface area contributed by atoms with Gasteiger partial charge in [0.1, 0.15) is 23.4 Å². The summed E-state index contributed by atoms with van der Waals surface area (Å²) in [7, 11) is -0.742. The number of ketones is 1. The second-order valence-corrected chi connectivity index (χ2v) is 15.2. The Morgan fingerprint density at radius 2 is 1.89 bits per heavy atom. The third-order valence-electron chi connectivity index (χ3n) is 7.12. The Bertz CT molecular complexity index is 1390. The van der Waals surface area contributed by atoms with Gasteiger partial charge in [-0.25, -0.2) is 8.78 Å². The van der Waals surface area contributed by atoms with E-state index in [-0.39, 0.29) is 35.9 Å². The molecular formula is C27H31F2N3O5Si. The van der Waals surface area contributed by atoms with E-state index in [9.17, 15) is 14.4 Å². The van der Waals surface area contributed by atoms with E-state index in [1.54, 1.807) is 19.2 Å². The van der Waals surface area contributed by atoms with Crippen LogP contribution < -0.4 is 10.7 Å². The fourth-order valence-electron chi connectivity index (χ4n) is 4.88. The molecule has 0 bridgehead atoms. The van der Waals surface area contributed by atoms with E-state index in [1.165, 1.54) is 23.1 Å². The molecule has 0 radical (unpaired) electrons. The zero-order valence-electron chi connectivity index (χ0n) is 21.9. The number of Topliss-reactive ketones (excluding diaryl/α,β-unsaturated/α-hetero) is 1. The van der Waals surface area contributed by atoms with Gasteiger partial charge in [0, 0.05) is 49.0 Å². The summed E-state index contributed by atoms with van der Waals surface area (Å²) in [5, 5.41) is 2.27. The first-order valence-corrected chi connectivity index (χ1v) is 15.7. The van der Waals surface area contributed by atoms with Crippen LogP contribution in [0, 0.1) is 11.6 Å². The van der Waals surface area contributed by atoms with Crippen LogP contribution in [0.15, 0.2) is 39.6 Å². The summed E-state index contributed by atoms with van der Waals surface area (Å²) in [4.78, 5) is 44.4. The van der Waals surface area contributed by atoms with Gasteiger partial charge in [-0.3, -0.25) is 19.4 Å². The molecule has 38 heavy (non-hydrogen) atoms. The van der Waals surface area contributed by atoms with Gasteiger partial charge in [0.15, 0.2) is 5.78 Å². The molecule has 3 heterocycles. The summed E-state index contributed by atoms with van der Waals surface area (Å²) in [6, 6.07) is 6.78. The van der Waals surface area contributed by atoms with Gasteiger partial charge in [-0.15, -0.1) is 0 Å². The minimum Gasteiger partial charge on any atom is -0.383 e. The zero-order chi connectivity index (χ0) is 27.6. The van der Waals surface area contributed by atoms with Crippen molar-refractivity contribution >= 4 is 25.0 Å². The molecule has 8 nitrogen and oxygen atoms in total. The first-order valence-electron chi connectivity index (χ1n) is 12.5. The summed E-state index contributed by atoms with van der Waals surface area (Å²) in [6.45, 7) is 6.22. The minimum atomic E-state index is -2.30. The maximum Gasteiger partial charge on any atom is 0.280 e. The maximum absolute atomic E-state index is 15.0. The average molecular weight is 544 g/mol. The predicted molar refractivity (Wildman–Crippen MR) is 139 cm³/mol. The molecule has 0 saturated carbocycles. The average Bonchev–Trinajstić information content (AvgIpc) is 3.26. The fraction of sp³-hybridized carbons (Fsp3) is 0.407. The molecule has 3 aromatic rings. The lowest BCUT2D eigenvalue weighted by atomic mass is 9.90. The van der Waals surface area contributed by atoms with Gasteiger partial charge in [-0.2, -0.15) is 5.16 Å². The molecule has 1 aliphatic heterocycles. The maximum atomic E-state index is 15.0. The van der Waals surface area contributed by atoms with Crippen molar-refractivity contribution in [2.24, 2.45) is 0 Å². The number of fused-ring (bicyclic) bond motifs is 1. The highest BCUT2D eigenvalue weighted by atomic mass is 28.3. The second kappa shape index (κ2) is 11.1. The molecule has 0 saturated heterocycles. The number of H-pyrrole nitrogens is 1. The van der Waals surface area contributed by atoms with Crippen LogP contribution in [0.1, 0.15) is 41.2 Å². The van der Waals surface area contributed by atoms with E-state index in [2.05, 4.69) is 10.1 Å². The topological polar surface area (TPSA) is 105 Å². The highest BCUT2D eigenvalue weighted by Gasteiger charge is 2.37. The number of carbonyl (C=O) groups excluding carboxylic acids is 2. The number of nitrogens with one attached hydrogen (secondary N) is 1. The second-order valence-electron chi connectivity index (χ2n) is 10.2. The normalized spacial score (nSPS) is 15.4. The SMILES string of the molecule is CC[Si](C)(C)c1c(F)cc(CC(=O)[C@H]2c3ccc(COC)nc3CCN2C(=O)Cc2cc(=O)[nH]o2)cc1F. The smallest absolute Gasteiger partial charge is 0.280 e. The number of nitrogens with zero attached hydrogens (tertiary/aromatic N) is 2. The molecule has 202 valence electrons. The van der Waals surface area contributed by atoms with Crippen LogP contribution in [0.3, 0.4) is 0 Å². The number of rotatable bonds is 9. The van der Waals surface area contributed by atoms with Crippen molar-refractivity contribution in [3.63, 3.8) is 0 Å². The molecule has 0 fully saturated rings. The monoisotopic (exact) mass is 543 g/mol. The molecule has 1 N–H and O–H groups in total. The van der Waals surface area contributed by atoms with Crippen LogP contribution in [0.5, 0.6) is 0 Å². The summed E-state index contributed by atoms with van der Waals surface area (Å²) < 4.78 is 40.3. The van der Waals surface area contributed by atoms with Crippen molar-refractivity contribution in [2.45, 2.75) is 58.0 Å². The summed E-state index contributed by atoms with van der Waals surface area (Å²) >= 11 is 0. The lowest BCUT2D eigenvalue weighted by Crippen LogP contribution is -2.45. The van der Waals surface area contributed by atoms with Crippen molar-refractivity contribution in [3.05, 3.63) is 80.6 Å². The van der Waals surface area contributed by atoms with Gasteiger partial charge >= 0.3 is 0 Å². The first kappa shape index (κ1) is 27.6. The van der Waals surface area contributed by atoms with Crippen LogP contribution in [-0.2, 0) is 40.2 Å². The van der Waals surface area contributed by atoms with Gasteiger partial charge in [-0.1, -0.05) is 32.1 Å². The van der Waals surface area contributed by atoms with Crippen LogP contribution in [-0.4, -0.2) is 48.5 Å². The van der Waals surface area contributed by atoms with Gasteiger partial charge in [0.05, 0.1) is 26.8 Å². The molecule has 11 heteroatoms. The Hall–Kier alpha value is -3.44. The van der Waals surface area contributed by atoms with E-state index in [0.717, 1.165) is 0 Å². The Balaban J connectivity index is 1.68. The van der Waals surface area contributed by atoms with E-state index < -0.39 is 43.0 Å². The highest BCUT2D eigenvalue weighted by molar-refractivity contribution is 6.89. The number of aromatic nitrogens is 2. The number of benzene rings is 1. The van der Waals surface area contributed by atoms with Crippen molar-refractivity contribution in [1.82, 2.24) is 15.0 Å². The molecule has 4 rings (SSSR count). The lowest BCUT2D eigenvalue weighted by molar-refractivity contribution is -0.140. The van der Waals surface area contributed by atoms with Gasteiger partial charge < -0.3 is 14.2 Å². The zero-order valence-corrected chi connectivity index (χ0v) is 22.9. The largest absolute Gasteiger partial charge is 0.383 e. The Labute approximate surface area is 220 Å². The lowest BCUT2D eigenvalue weighted by Gasteiger charge is -2.36.